The Hall–Kier alpha value is -2.60. The van der Waals surface area contributed by atoms with Crippen molar-refractivity contribution in [1.29, 1.82) is 10.5 Å². The average Bonchev–Trinajstić information content (AvgIpc) is 2.81. The van der Waals surface area contributed by atoms with Crippen LogP contribution < -0.4 is 19.1 Å². The van der Waals surface area contributed by atoms with Crippen LogP contribution in [-0.4, -0.2) is 32.4 Å². The average molecular weight is 410 g/mol. The Labute approximate surface area is 179 Å². The summed E-state index contributed by atoms with van der Waals surface area (Å²) in [4.78, 5) is 2.20. The minimum Gasteiger partial charge on any atom is -0.493 e. The van der Waals surface area contributed by atoms with Gasteiger partial charge in [-0.15, -0.1) is 0 Å². The number of ether oxygens (including phenoxy) is 3. The number of nitrogens with zero attached hydrogens (tertiary/aromatic N) is 3. The monoisotopic (exact) mass is 409 g/mol. The molecule has 1 heterocycles. The molecule has 4 atom stereocenters. The van der Waals surface area contributed by atoms with E-state index < -0.39 is 11.1 Å². The molecule has 1 saturated heterocycles. The number of piperidine rings is 1. The van der Waals surface area contributed by atoms with E-state index in [1.807, 2.05) is 12.1 Å². The number of hydrogen-bond acceptors (Lipinski definition) is 6. The highest BCUT2D eigenvalue weighted by atomic mass is 16.5. The van der Waals surface area contributed by atoms with Crippen molar-refractivity contribution in [3.63, 3.8) is 0 Å². The lowest BCUT2D eigenvalue weighted by molar-refractivity contribution is 0.0614. The molecule has 160 valence electrons. The second-order valence-electron chi connectivity index (χ2n) is 8.91. The van der Waals surface area contributed by atoms with Crippen molar-refractivity contribution in [2.45, 2.75) is 68.9 Å². The minimum absolute atomic E-state index is 0.278. The second kappa shape index (κ2) is 7.91. The van der Waals surface area contributed by atoms with Crippen LogP contribution in [0.25, 0.3) is 0 Å². The molecule has 0 N–H and O–H groups in total. The molecule has 3 aliphatic rings. The molecular weight excluding hydrogens is 378 g/mol. The zero-order valence-corrected chi connectivity index (χ0v) is 18.2. The topological polar surface area (TPSA) is 78.5 Å². The van der Waals surface area contributed by atoms with Crippen molar-refractivity contribution >= 4 is 5.69 Å². The van der Waals surface area contributed by atoms with Crippen molar-refractivity contribution in [3.8, 4) is 29.4 Å². The summed E-state index contributed by atoms with van der Waals surface area (Å²) >= 11 is 0. The van der Waals surface area contributed by atoms with Crippen molar-refractivity contribution < 1.29 is 14.2 Å². The Morgan fingerprint density at radius 2 is 1.33 bits per heavy atom. The fourth-order valence-electron chi connectivity index (χ4n) is 6.42. The van der Waals surface area contributed by atoms with Crippen LogP contribution in [-0.2, 0) is 0 Å². The number of rotatable bonds is 4. The van der Waals surface area contributed by atoms with E-state index in [2.05, 4.69) is 17.0 Å². The zero-order valence-electron chi connectivity index (χ0n) is 18.2. The first-order valence-electron chi connectivity index (χ1n) is 11.0. The van der Waals surface area contributed by atoms with E-state index in [1.54, 1.807) is 21.3 Å². The Morgan fingerprint density at radius 3 is 1.73 bits per heavy atom. The van der Waals surface area contributed by atoms with Gasteiger partial charge in [0.05, 0.1) is 33.5 Å². The predicted molar refractivity (Wildman–Crippen MR) is 114 cm³/mol. The number of fused-ring (bicyclic) bond motifs is 2. The van der Waals surface area contributed by atoms with Gasteiger partial charge in [-0.3, -0.25) is 0 Å². The molecule has 0 bridgehead atoms. The predicted octanol–water partition coefficient (Wildman–Crippen LogP) is 4.83. The minimum atomic E-state index is -0.674. The fraction of sp³-hybridized carbons (Fsp3) is 0.667. The second-order valence-corrected chi connectivity index (χ2v) is 8.91. The van der Waals surface area contributed by atoms with Gasteiger partial charge >= 0.3 is 0 Å². The van der Waals surface area contributed by atoms with Gasteiger partial charge in [-0.05, 0) is 43.9 Å². The quantitative estimate of drug-likeness (QED) is 0.709. The third-order valence-corrected chi connectivity index (χ3v) is 7.73. The van der Waals surface area contributed by atoms with Gasteiger partial charge in [0.15, 0.2) is 11.5 Å². The molecule has 1 aliphatic heterocycles. The Bertz CT molecular complexity index is 824. The highest BCUT2D eigenvalue weighted by molar-refractivity contribution is 5.68. The van der Waals surface area contributed by atoms with Gasteiger partial charge in [0.2, 0.25) is 5.75 Å². The number of methoxy groups -OCH3 is 3. The van der Waals surface area contributed by atoms with Gasteiger partial charge in [-0.2, -0.15) is 10.5 Å². The van der Waals surface area contributed by atoms with Crippen LogP contribution in [0.15, 0.2) is 12.1 Å². The zero-order chi connectivity index (χ0) is 21.4. The van der Waals surface area contributed by atoms with Gasteiger partial charge in [0.25, 0.3) is 0 Å². The summed E-state index contributed by atoms with van der Waals surface area (Å²) in [5.74, 6) is 2.19. The number of anilines is 1. The maximum Gasteiger partial charge on any atom is 0.203 e. The molecule has 0 aromatic heterocycles. The molecule has 1 aromatic carbocycles. The number of benzene rings is 1. The van der Waals surface area contributed by atoms with Crippen molar-refractivity contribution in [1.82, 2.24) is 0 Å². The third-order valence-electron chi connectivity index (χ3n) is 7.73. The lowest BCUT2D eigenvalue weighted by Crippen LogP contribution is -2.71. The Kier molecular flexibility index (Phi) is 5.45. The first-order chi connectivity index (χ1) is 14.6. The smallest absolute Gasteiger partial charge is 0.203 e. The van der Waals surface area contributed by atoms with E-state index >= 15 is 0 Å². The molecule has 3 fully saturated rings. The van der Waals surface area contributed by atoms with Crippen molar-refractivity contribution in [3.05, 3.63) is 12.1 Å². The molecule has 1 aromatic rings. The first kappa shape index (κ1) is 20.7. The highest BCUT2D eigenvalue weighted by Crippen LogP contribution is 2.58. The van der Waals surface area contributed by atoms with E-state index in [4.69, 9.17) is 14.2 Å². The summed E-state index contributed by atoms with van der Waals surface area (Å²) in [6, 6.07) is 9.29. The largest absolute Gasteiger partial charge is 0.493 e. The van der Waals surface area contributed by atoms with E-state index in [0.717, 1.165) is 63.5 Å². The Balaban J connectivity index is 1.97. The molecule has 0 amide bonds. The van der Waals surface area contributed by atoms with E-state index in [9.17, 15) is 10.5 Å². The molecule has 4 rings (SSSR count). The molecule has 0 radical (unpaired) electrons. The SMILES string of the molecule is COc1cc(N2[C@@]3(C#N)CCCC[C@@H]3C[C@H]3CCCC[C@@]32C#N)cc(OC)c1OC. The van der Waals surface area contributed by atoms with Crippen LogP contribution in [0, 0.1) is 34.5 Å². The summed E-state index contributed by atoms with van der Waals surface area (Å²) in [7, 11) is 4.79. The van der Waals surface area contributed by atoms with Gasteiger partial charge in [-0.1, -0.05) is 25.7 Å². The fourth-order valence-corrected chi connectivity index (χ4v) is 6.42. The molecule has 0 unspecified atom stereocenters. The third kappa shape index (κ3) is 2.81. The molecule has 2 saturated carbocycles. The van der Waals surface area contributed by atoms with E-state index in [1.165, 1.54) is 0 Å². The van der Waals surface area contributed by atoms with Gasteiger partial charge in [0.1, 0.15) is 11.1 Å². The van der Waals surface area contributed by atoms with Crippen LogP contribution >= 0.6 is 0 Å². The number of nitriles is 2. The van der Waals surface area contributed by atoms with Crippen molar-refractivity contribution in [2.24, 2.45) is 11.8 Å². The molecule has 6 heteroatoms. The summed E-state index contributed by atoms with van der Waals surface area (Å²) in [5, 5.41) is 21.1. The van der Waals surface area contributed by atoms with E-state index in [0.29, 0.717) is 17.2 Å². The molecule has 2 aliphatic carbocycles. The molecular formula is C24H31N3O3. The Morgan fingerprint density at radius 1 is 0.833 bits per heavy atom. The normalized spacial score (nSPS) is 32.8. The van der Waals surface area contributed by atoms with Crippen LogP contribution in [0.5, 0.6) is 17.2 Å². The van der Waals surface area contributed by atoms with Crippen molar-refractivity contribution in [2.75, 3.05) is 26.2 Å². The summed E-state index contributed by atoms with van der Waals surface area (Å²) in [6.45, 7) is 0. The maximum atomic E-state index is 10.6. The standard InChI is InChI=1S/C24H31N3O3/c1-28-20-13-19(14-21(29-2)22(20)30-3)27-23(15-25)10-6-4-8-17(23)12-18-9-5-7-11-24(18,27)16-26/h13-14,17-18H,4-12H2,1-3H3/t17-,18-,23-,24-/m1/s1. The lowest BCUT2D eigenvalue weighted by atomic mass is 9.57. The lowest BCUT2D eigenvalue weighted by Gasteiger charge is -2.62. The summed E-state index contributed by atoms with van der Waals surface area (Å²) in [5.41, 5.74) is -0.523. The molecule has 6 nitrogen and oxygen atoms in total. The van der Waals surface area contributed by atoms with Gasteiger partial charge in [-0.25, -0.2) is 0 Å². The van der Waals surface area contributed by atoms with Crippen LogP contribution in [0.1, 0.15) is 57.8 Å². The van der Waals surface area contributed by atoms with Crippen LogP contribution in [0.3, 0.4) is 0 Å². The summed E-state index contributed by atoms with van der Waals surface area (Å²) < 4.78 is 16.8. The van der Waals surface area contributed by atoms with Gasteiger partial charge < -0.3 is 19.1 Å². The number of hydrogen-bond donors (Lipinski definition) is 0. The van der Waals surface area contributed by atoms with Crippen LogP contribution in [0.4, 0.5) is 5.69 Å². The molecule has 30 heavy (non-hydrogen) atoms. The maximum absolute atomic E-state index is 10.6. The summed E-state index contributed by atoms with van der Waals surface area (Å²) in [6.07, 6.45) is 8.99. The highest BCUT2D eigenvalue weighted by Gasteiger charge is 2.62. The van der Waals surface area contributed by atoms with E-state index in [-0.39, 0.29) is 11.8 Å². The van der Waals surface area contributed by atoms with Gasteiger partial charge in [0, 0.05) is 17.8 Å². The van der Waals surface area contributed by atoms with Crippen LogP contribution in [0.2, 0.25) is 0 Å². The molecule has 0 spiro atoms. The first-order valence-corrected chi connectivity index (χ1v) is 11.0.